The Hall–Kier alpha value is -1.53. The maximum absolute atomic E-state index is 9.07. The summed E-state index contributed by atoms with van der Waals surface area (Å²) in [5.41, 5.74) is 2.87. The van der Waals surface area contributed by atoms with Crippen molar-refractivity contribution in [3.8, 4) is 6.07 Å². The summed E-state index contributed by atoms with van der Waals surface area (Å²) in [7, 11) is 3.90. The van der Waals surface area contributed by atoms with E-state index in [1.807, 2.05) is 31.1 Å². The van der Waals surface area contributed by atoms with Crippen LogP contribution >= 0.6 is 0 Å². The molecule has 0 aliphatic heterocycles. The molecule has 0 amide bonds. The van der Waals surface area contributed by atoms with E-state index in [1.165, 1.54) is 0 Å². The molecule has 1 N–H and O–H groups in total. The molecule has 0 fully saturated rings. The quantitative estimate of drug-likeness (QED) is 0.768. The van der Waals surface area contributed by atoms with Crippen LogP contribution in [0.5, 0.6) is 0 Å². The third-order valence-corrected chi connectivity index (χ3v) is 2.42. The van der Waals surface area contributed by atoms with Gasteiger partial charge in [0.1, 0.15) is 6.07 Å². The first-order chi connectivity index (χ1) is 7.69. The molecule has 0 aromatic heterocycles. The second-order valence-electron chi connectivity index (χ2n) is 4.03. The van der Waals surface area contributed by atoms with Crippen molar-refractivity contribution in [1.82, 2.24) is 5.32 Å². The SMILES string of the molecule is CCCNCc1ccc(N(C)C)c(C#N)c1. The number of benzene rings is 1. The highest BCUT2D eigenvalue weighted by molar-refractivity contribution is 5.59. The maximum atomic E-state index is 9.07. The summed E-state index contributed by atoms with van der Waals surface area (Å²) >= 11 is 0. The van der Waals surface area contributed by atoms with Gasteiger partial charge in [0.05, 0.1) is 11.3 Å². The average Bonchev–Trinajstić information content (AvgIpc) is 2.29. The fourth-order valence-electron chi connectivity index (χ4n) is 1.58. The van der Waals surface area contributed by atoms with Crippen molar-refractivity contribution < 1.29 is 0 Å². The molecule has 1 rings (SSSR count). The summed E-state index contributed by atoms with van der Waals surface area (Å²) < 4.78 is 0. The third-order valence-electron chi connectivity index (χ3n) is 2.42. The smallest absolute Gasteiger partial charge is 0.101 e. The van der Waals surface area contributed by atoms with Gasteiger partial charge in [0.2, 0.25) is 0 Å². The Morgan fingerprint density at radius 3 is 2.69 bits per heavy atom. The van der Waals surface area contributed by atoms with Crippen LogP contribution in [-0.4, -0.2) is 20.6 Å². The van der Waals surface area contributed by atoms with Gasteiger partial charge in [0.15, 0.2) is 0 Å². The van der Waals surface area contributed by atoms with Crippen molar-refractivity contribution in [2.24, 2.45) is 0 Å². The molecule has 1 aromatic carbocycles. The highest BCUT2D eigenvalue weighted by atomic mass is 15.1. The van der Waals surface area contributed by atoms with E-state index in [4.69, 9.17) is 5.26 Å². The largest absolute Gasteiger partial charge is 0.377 e. The first kappa shape index (κ1) is 12.5. The van der Waals surface area contributed by atoms with E-state index in [0.29, 0.717) is 0 Å². The molecule has 0 saturated carbocycles. The minimum atomic E-state index is 0.737. The number of hydrogen-bond acceptors (Lipinski definition) is 3. The summed E-state index contributed by atoms with van der Waals surface area (Å²) in [5, 5.41) is 12.4. The second-order valence-corrected chi connectivity index (χ2v) is 4.03. The van der Waals surface area contributed by atoms with Crippen molar-refractivity contribution >= 4 is 5.69 Å². The Labute approximate surface area is 97.7 Å². The van der Waals surface area contributed by atoms with E-state index in [9.17, 15) is 0 Å². The molecule has 0 bridgehead atoms. The summed E-state index contributed by atoms with van der Waals surface area (Å²) in [6, 6.07) is 8.26. The summed E-state index contributed by atoms with van der Waals surface area (Å²) in [6.45, 7) is 3.98. The zero-order chi connectivity index (χ0) is 12.0. The first-order valence-electron chi connectivity index (χ1n) is 5.60. The van der Waals surface area contributed by atoms with Crippen LogP contribution in [-0.2, 0) is 6.54 Å². The first-order valence-corrected chi connectivity index (χ1v) is 5.60. The fraction of sp³-hybridized carbons (Fsp3) is 0.462. The predicted molar refractivity (Wildman–Crippen MR) is 67.5 cm³/mol. The minimum absolute atomic E-state index is 0.737. The molecule has 16 heavy (non-hydrogen) atoms. The molecule has 0 radical (unpaired) electrons. The monoisotopic (exact) mass is 217 g/mol. The molecule has 0 aliphatic carbocycles. The van der Waals surface area contributed by atoms with E-state index >= 15 is 0 Å². The fourth-order valence-corrected chi connectivity index (χ4v) is 1.58. The van der Waals surface area contributed by atoms with Crippen LogP contribution in [0, 0.1) is 11.3 Å². The summed E-state index contributed by atoms with van der Waals surface area (Å²) in [5.74, 6) is 0. The summed E-state index contributed by atoms with van der Waals surface area (Å²) in [6.07, 6.45) is 1.13. The molecular formula is C13H19N3. The molecule has 0 spiro atoms. The Balaban J connectivity index is 2.80. The van der Waals surface area contributed by atoms with Gasteiger partial charge in [-0.1, -0.05) is 13.0 Å². The van der Waals surface area contributed by atoms with E-state index in [2.05, 4.69) is 24.4 Å². The second kappa shape index (κ2) is 6.14. The van der Waals surface area contributed by atoms with Gasteiger partial charge < -0.3 is 10.2 Å². The van der Waals surface area contributed by atoms with Crippen molar-refractivity contribution in [2.45, 2.75) is 19.9 Å². The summed E-state index contributed by atoms with van der Waals surface area (Å²) in [4.78, 5) is 1.96. The maximum Gasteiger partial charge on any atom is 0.101 e. The lowest BCUT2D eigenvalue weighted by atomic mass is 10.1. The van der Waals surface area contributed by atoms with Gasteiger partial charge >= 0.3 is 0 Å². The van der Waals surface area contributed by atoms with E-state index < -0.39 is 0 Å². The lowest BCUT2D eigenvalue weighted by molar-refractivity contribution is 0.675. The van der Waals surface area contributed by atoms with Gasteiger partial charge in [0, 0.05) is 20.6 Å². The van der Waals surface area contributed by atoms with Gasteiger partial charge in [-0.3, -0.25) is 0 Å². The van der Waals surface area contributed by atoms with Gasteiger partial charge in [-0.05, 0) is 30.7 Å². The Bertz CT molecular complexity index is 377. The lowest BCUT2D eigenvalue weighted by Crippen LogP contribution is -2.15. The van der Waals surface area contributed by atoms with E-state index in [-0.39, 0.29) is 0 Å². The number of anilines is 1. The van der Waals surface area contributed by atoms with Crippen LogP contribution in [0.1, 0.15) is 24.5 Å². The van der Waals surface area contributed by atoms with Gasteiger partial charge in [-0.2, -0.15) is 5.26 Å². The Morgan fingerprint density at radius 2 is 2.12 bits per heavy atom. The van der Waals surface area contributed by atoms with Crippen molar-refractivity contribution in [3.63, 3.8) is 0 Å². The standard InChI is InChI=1S/C13H19N3/c1-4-7-15-10-11-5-6-13(16(2)3)12(8-11)9-14/h5-6,8,15H,4,7,10H2,1-3H3. The number of nitriles is 1. The van der Waals surface area contributed by atoms with Crippen LogP contribution in [0.4, 0.5) is 5.69 Å². The van der Waals surface area contributed by atoms with Crippen LogP contribution in [0.2, 0.25) is 0 Å². The van der Waals surface area contributed by atoms with Gasteiger partial charge in [0.25, 0.3) is 0 Å². The van der Waals surface area contributed by atoms with Crippen LogP contribution in [0.15, 0.2) is 18.2 Å². The normalized spacial score (nSPS) is 9.88. The van der Waals surface area contributed by atoms with Crippen molar-refractivity contribution in [1.29, 1.82) is 5.26 Å². The van der Waals surface area contributed by atoms with Crippen LogP contribution in [0.25, 0.3) is 0 Å². The highest BCUT2D eigenvalue weighted by Crippen LogP contribution is 2.19. The third kappa shape index (κ3) is 3.25. The zero-order valence-corrected chi connectivity index (χ0v) is 10.2. The molecule has 0 unspecified atom stereocenters. The molecule has 86 valence electrons. The lowest BCUT2D eigenvalue weighted by Gasteiger charge is -2.15. The Kier molecular flexibility index (Phi) is 4.81. The highest BCUT2D eigenvalue weighted by Gasteiger charge is 2.04. The zero-order valence-electron chi connectivity index (χ0n) is 10.2. The molecule has 3 heteroatoms. The van der Waals surface area contributed by atoms with Crippen molar-refractivity contribution in [2.75, 3.05) is 25.5 Å². The number of rotatable bonds is 5. The minimum Gasteiger partial charge on any atom is -0.377 e. The van der Waals surface area contributed by atoms with Gasteiger partial charge in [-0.15, -0.1) is 0 Å². The molecular weight excluding hydrogens is 198 g/mol. The predicted octanol–water partition coefficient (Wildman–Crippen LogP) is 2.12. The molecule has 3 nitrogen and oxygen atoms in total. The topological polar surface area (TPSA) is 39.1 Å². The molecule has 0 heterocycles. The molecule has 0 saturated heterocycles. The Morgan fingerprint density at radius 1 is 1.38 bits per heavy atom. The van der Waals surface area contributed by atoms with Crippen molar-refractivity contribution in [3.05, 3.63) is 29.3 Å². The number of nitrogens with one attached hydrogen (secondary N) is 1. The van der Waals surface area contributed by atoms with Crippen LogP contribution in [0.3, 0.4) is 0 Å². The average molecular weight is 217 g/mol. The number of hydrogen-bond donors (Lipinski definition) is 1. The molecule has 0 atom stereocenters. The van der Waals surface area contributed by atoms with E-state index in [0.717, 1.165) is 36.3 Å². The number of nitrogens with zero attached hydrogens (tertiary/aromatic N) is 2. The van der Waals surface area contributed by atoms with Gasteiger partial charge in [-0.25, -0.2) is 0 Å². The molecule has 0 aliphatic rings. The van der Waals surface area contributed by atoms with E-state index in [1.54, 1.807) is 0 Å². The van der Waals surface area contributed by atoms with Crippen LogP contribution < -0.4 is 10.2 Å². The molecule has 1 aromatic rings.